The summed E-state index contributed by atoms with van der Waals surface area (Å²) in [6, 6.07) is 2.38. The van der Waals surface area contributed by atoms with Crippen LogP contribution in [0.4, 0.5) is 0 Å². The van der Waals surface area contributed by atoms with E-state index in [0.29, 0.717) is 18.5 Å². The first-order valence-corrected chi connectivity index (χ1v) is 5.96. The lowest BCUT2D eigenvalue weighted by Gasteiger charge is -2.15. The van der Waals surface area contributed by atoms with Crippen LogP contribution in [0.3, 0.4) is 0 Å². The highest BCUT2D eigenvalue weighted by atomic mass is 16.5. The zero-order chi connectivity index (χ0) is 12.8. The quantitative estimate of drug-likeness (QED) is 0.787. The molecule has 0 amide bonds. The number of aromatic nitrogens is 1. The van der Waals surface area contributed by atoms with E-state index in [-0.39, 0.29) is 6.61 Å². The average molecular weight is 238 g/mol. The van der Waals surface area contributed by atoms with Gasteiger partial charge in [-0.3, -0.25) is 0 Å². The summed E-state index contributed by atoms with van der Waals surface area (Å²) in [5.41, 5.74) is 2.10. The van der Waals surface area contributed by atoms with Gasteiger partial charge in [0.2, 0.25) is 5.88 Å². The number of nitrogens with one attached hydrogen (secondary N) is 1. The Labute approximate surface area is 103 Å². The van der Waals surface area contributed by atoms with E-state index >= 15 is 0 Å². The van der Waals surface area contributed by atoms with Gasteiger partial charge in [0, 0.05) is 24.3 Å². The summed E-state index contributed by atoms with van der Waals surface area (Å²) in [6.07, 6.45) is 1.25. The van der Waals surface area contributed by atoms with Crippen LogP contribution >= 0.6 is 0 Å². The summed E-state index contributed by atoms with van der Waals surface area (Å²) in [5, 5.41) is 12.8. The van der Waals surface area contributed by atoms with Crippen molar-refractivity contribution in [2.24, 2.45) is 0 Å². The van der Waals surface area contributed by atoms with Gasteiger partial charge in [0.15, 0.2) is 0 Å². The number of nitrogens with zero attached hydrogens (tertiary/aromatic N) is 1. The molecule has 4 heteroatoms. The van der Waals surface area contributed by atoms with Crippen LogP contribution in [0, 0.1) is 13.8 Å². The first-order chi connectivity index (χ1) is 7.99. The molecule has 0 aliphatic carbocycles. The fraction of sp³-hybridized carbons (Fsp3) is 0.615. The van der Waals surface area contributed by atoms with Crippen molar-refractivity contribution >= 4 is 0 Å². The third-order valence-electron chi connectivity index (χ3n) is 2.34. The van der Waals surface area contributed by atoms with Crippen molar-refractivity contribution in [3.63, 3.8) is 0 Å². The van der Waals surface area contributed by atoms with Gasteiger partial charge in [-0.2, -0.15) is 0 Å². The van der Waals surface area contributed by atoms with Gasteiger partial charge in [-0.15, -0.1) is 0 Å². The first kappa shape index (κ1) is 13.9. The number of ether oxygens (including phenoxy) is 1. The number of hydrogen-bond donors (Lipinski definition) is 2. The average Bonchev–Trinajstić information content (AvgIpc) is 2.25. The summed E-state index contributed by atoms with van der Waals surface area (Å²) in [7, 11) is 0. The largest absolute Gasteiger partial charge is 0.475 e. The SMILES string of the molecule is Cc1cnc(OCC(O)CNC(C)C)c(C)c1. The van der Waals surface area contributed by atoms with Gasteiger partial charge in [-0.1, -0.05) is 13.8 Å². The highest BCUT2D eigenvalue weighted by Crippen LogP contribution is 2.14. The molecule has 1 aromatic heterocycles. The van der Waals surface area contributed by atoms with E-state index in [1.54, 1.807) is 6.20 Å². The molecule has 0 saturated carbocycles. The number of pyridine rings is 1. The molecule has 1 atom stereocenters. The second-order valence-corrected chi connectivity index (χ2v) is 4.66. The van der Waals surface area contributed by atoms with Crippen molar-refractivity contribution in [3.05, 3.63) is 23.4 Å². The molecule has 2 N–H and O–H groups in total. The highest BCUT2D eigenvalue weighted by molar-refractivity contribution is 5.27. The van der Waals surface area contributed by atoms with E-state index in [4.69, 9.17) is 4.74 Å². The van der Waals surface area contributed by atoms with E-state index in [2.05, 4.69) is 10.3 Å². The Balaban J connectivity index is 2.39. The number of aliphatic hydroxyl groups excluding tert-OH is 1. The topological polar surface area (TPSA) is 54.4 Å². The van der Waals surface area contributed by atoms with Gasteiger partial charge in [-0.25, -0.2) is 4.98 Å². The normalized spacial score (nSPS) is 12.8. The number of aliphatic hydroxyl groups is 1. The minimum atomic E-state index is -0.514. The van der Waals surface area contributed by atoms with Gasteiger partial charge in [0.05, 0.1) is 0 Å². The van der Waals surface area contributed by atoms with Gasteiger partial charge >= 0.3 is 0 Å². The molecule has 0 bridgehead atoms. The minimum Gasteiger partial charge on any atom is -0.475 e. The predicted molar refractivity (Wildman–Crippen MR) is 68.4 cm³/mol. The molecule has 1 rings (SSSR count). The fourth-order valence-electron chi connectivity index (χ4n) is 1.46. The molecule has 1 heterocycles. The van der Waals surface area contributed by atoms with Crippen LogP contribution in [0.1, 0.15) is 25.0 Å². The van der Waals surface area contributed by atoms with Crippen LogP contribution in [0.5, 0.6) is 5.88 Å². The number of rotatable bonds is 6. The molecule has 0 aliphatic heterocycles. The molecule has 17 heavy (non-hydrogen) atoms. The van der Waals surface area contributed by atoms with E-state index in [1.165, 1.54) is 0 Å². The first-order valence-electron chi connectivity index (χ1n) is 5.96. The third kappa shape index (κ3) is 5.15. The molecule has 1 aromatic rings. The van der Waals surface area contributed by atoms with Crippen LogP contribution in [0.25, 0.3) is 0 Å². The Morgan fingerprint density at radius 1 is 1.41 bits per heavy atom. The van der Waals surface area contributed by atoms with Gasteiger partial charge in [-0.05, 0) is 25.5 Å². The third-order valence-corrected chi connectivity index (χ3v) is 2.34. The van der Waals surface area contributed by atoms with E-state index in [1.807, 2.05) is 33.8 Å². The second kappa shape index (κ2) is 6.57. The van der Waals surface area contributed by atoms with Crippen molar-refractivity contribution in [2.45, 2.75) is 39.8 Å². The Kier molecular flexibility index (Phi) is 5.38. The maximum Gasteiger partial charge on any atom is 0.216 e. The summed E-state index contributed by atoms with van der Waals surface area (Å²) in [5.74, 6) is 0.596. The number of hydrogen-bond acceptors (Lipinski definition) is 4. The lowest BCUT2D eigenvalue weighted by atomic mass is 10.2. The van der Waals surface area contributed by atoms with Crippen molar-refractivity contribution in [3.8, 4) is 5.88 Å². The van der Waals surface area contributed by atoms with E-state index in [0.717, 1.165) is 11.1 Å². The minimum absolute atomic E-state index is 0.261. The van der Waals surface area contributed by atoms with Crippen LogP contribution < -0.4 is 10.1 Å². The maximum atomic E-state index is 9.69. The van der Waals surface area contributed by atoms with E-state index < -0.39 is 6.10 Å². The monoisotopic (exact) mass is 238 g/mol. The Bertz CT molecular complexity index is 353. The highest BCUT2D eigenvalue weighted by Gasteiger charge is 2.08. The fourth-order valence-corrected chi connectivity index (χ4v) is 1.46. The maximum absolute atomic E-state index is 9.69. The molecular weight excluding hydrogens is 216 g/mol. The molecule has 0 saturated heterocycles. The van der Waals surface area contributed by atoms with Crippen LogP contribution in [-0.2, 0) is 0 Å². The molecule has 0 radical (unpaired) electrons. The van der Waals surface area contributed by atoms with Gasteiger partial charge < -0.3 is 15.2 Å². The summed E-state index contributed by atoms with van der Waals surface area (Å²) >= 11 is 0. The number of aryl methyl sites for hydroxylation is 2. The van der Waals surface area contributed by atoms with Crippen molar-refractivity contribution in [1.29, 1.82) is 0 Å². The summed E-state index contributed by atoms with van der Waals surface area (Å²) in [6.45, 7) is 8.82. The van der Waals surface area contributed by atoms with Crippen LogP contribution in [0.15, 0.2) is 12.3 Å². The molecule has 0 aromatic carbocycles. The lowest BCUT2D eigenvalue weighted by Crippen LogP contribution is -2.35. The smallest absolute Gasteiger partial charge is 0.216 e. The van der Waals surface area contributed by atoms with Gasteiger partial charge in [0.1, 0.15) is 12.7 Å². The van der Waals surface area contributed by atoms with E-state index in [9.17, 15) is 5.11 Å². The Morgan fingerprint density at radius 3 is 2.71 bits per heavy atom. The van der Waals surface area contributed by atoms with Crippen molar-refractivity contribution in [2.75, 3.05) is 13.2 Å². The Hall–Kier alpha value is -1.13. The predicted octanol–water partition coefficient (Wildman–Crippen LogP) is 1.44. The molecule has 0 spiro atoms. The second-order valence-electron chi connectivity index (χ2n) is 4.66. The van der Waals surface area contributed by atoms with Crippen molar-refractivity contribution in [1.82, 2.24) is 10.3 Å². The zero-order valence-corrected chi connectivity index (χ0v) is 11.0. The molecule has 4 nitrogen and oxygen atoms in total. The molecule has 1 unspecified atom stereocenters. The lowest BCUT2D eigenvalue weighted by molar-refractivity contribution is 0.102. The summed E-state index contributed by atoms with van der Waals surface area (Å²) in [4.78, 5) is 4.19. The Morgan fingerprint density at radius 2 is 2.12 bits per heavy atom. The van der Waals surface area contributed by atoms with Crippen LogP contribution in [-0.4, -0.2) is 35.4 Å². The zero-order valence-electron chi connectivity index (χ0n) is 11.0. The summed E-state index contributed by atoms with van der Waals surface area (Å²) < 4.78 is 5.48. The van der Waals surface area contributed by atoms with Crippen LogP contribution in [0.2, 0.25) is 0 Å². The molecule has 0 aliphatic rings. The standard InChI is InChI=1S/C13H22N2O2/c1-9(2)14-7-12(16)8-17-13-11(4)5-10(3)6-15-13/h5-6,9,12,14,16H,7-8H2,1-4H3. The molecule has 0 fully saturated rings. The van der Waals surface area contributed by atoms with Gasteiger partial charge in [0.25, 0.3) is 0 Å². The molecular formula is C13H22N2O2. The van der Waals surface area contributed by atoms with Crippen molar-refractivity contribution < 1.29 is 9.84 Å². The molecule has 96 valence electrons.